The summed E-state index contributed by atoms with van der Waals surface area (Å²) in [4.78, 5) is 29.4. The molecule has 0 aliphatic carbocycles. The zero-order valence-corrected chi connectivity index (χ0v) is 17.3. The largest absolute Gasteiger partial charge is 0.483 e. The lowest BCUT2D eigenvalue weighted by Crippen LogP contribution is -2.50. The lowest BCUT2D eigenvalue weighted by atomic mass is 10.1. The Morgan fingerprint density at radius 2 is 1.70 bits per heavy atom. The molecule has 1 aliphatic heterocycles. The highest BCUT2D eigenvalue weighted by Gasteiger charge is 2.21. The summed E-state index contributed by atoms with van der Waals surface area (Å²) in [5, 5.41) is 1.36. The van der Waals surface area contributed by atoms with Crippen molar-refractivity contribution in [2.24, 2.45) is 0 Å². The summed E-state index contributed by atoms with van der Waals surface area (Å²) >= 11 is 0. The Hall–Kier alpha value is -3.28. The molecule has 0 N–H and O–H groups in total. The van der Waals surface area contributed by atoms with Crippen LogP contribution >= 0.6 is 0 Å². The number of carbonyl (C=O) groups excluding carboxylic acids is 1. The maximum absolute atomic E-state index is 12.7. The fraction of sp³-hybridized carbons (Fsp3) is 0.333. The maximum Gasteiger partial charge on any atom is 0.260 e. The van der Waals surface area contributed by atoms with Crippen LogP contribution in [0, 0.1) is 0 Å². The van der Waals surface area contributed by atoms with Crippen molar-refractivity contribution in [3.63, 3.8) is 0 Å². The van der Waals surface area contributed by atoms with Gasteiger partial charge in [0, 0.05) is 50.0 Å². The van der Waals surface area contributed by atoms with Crippen LogP contribution in [0.5, 0.6) is 5.75 Å². The molecule has 0 spiro atoms. The van der Waals surface area contributed by atoms with Crippen molar-refractivity contribution in [1.82, 2.24) is 9.47 Å². The molecular weight excluding hydrogens is 378 g/mol. The second-order valence-electron chi connectivity index (χ2n) is 7.52. The summed E-state index contributed by atoms with van der Waals surface area (Å²) in [6, 6.07) is 17.6. The SMILES string of the molecule is CCCn1ccc2c(OCC(=O)N3CCN(c4ccccc4)CC3)cccc2c1=O. The van der Waals surface area contributed by atoms with Crippen LogP contribution < -0.4 is 15.2 Å². The molecule has 1 aliphatic rings. The molecule has 3 aromatic rings. The van der Waals surface area contributed by atoms with Crippen LogP contribution in [0.15, 0.2) is 65.6 Å². The van der Waals surface area contributed by atoms with E-state index < -0.39 is 0 Å². The van der Waals surface area contributed by atoms with Gasteiger partial charge < -0.3 is 19.1 Å². The Morgan fingerprint density at radius 1 is 0.933 bits per heavy atom. The summed E-state index contributed by atoms with van der Waals surface area (Å²) in [7, 11) is 0. The quantitative estimate of drug-likeness (QED) is 0.632. The number of anilines is 1. The topological polar surface area (TPSA) is 54.8 Å². The molecule has 2 aromatic carbocycles. The number of benzene rings is 2. The zero-order chi connectivity index (χ0) is 20.9. The molecule has 0 unspecified atom stereocenters. The molecular formula is C24H27N3O3. The van der Waals surface area contributed by atoms with Crippen LogP contribution in [0.2, 0.25) is 0 Å². The van der Waals surface area contributed by atoms with Crippen molar-refractivity contribution >= 4 is 22.4 Å². The van der Waals surface area contributed by atoms with Crippen LogP contribution in [0.1, 0.15) is 13.3 Å². The molecule has 6 heteroatoms. The zero-order valence-electron chi connectivity index (χ0n) is 17.3. The minimum Gasteiger partial charge on any atom is -0.483 e. The standard InChI is InChI=1S/C24H27N3O3/c1-2-12-27-13-11-20-21(24(27)29)9-6-10-22(20)30-18-23(28)26-16-14-25(15-17-26)19-7-4-3-5-8-19/h3-11,13H,2,12,14-18H2,1H3. The van der Waals surface area contributed by atoms with Gasteiger partial charge in [-0.25, -0.2) is 0 Å². The van der Waals surface area contributed by atoms with E-state index in [1.807, 2.05) is 42.2 Å². The van der Waals surface area contributed by atoms with Crippen LogP contribution in [0.25, 0.3) is 10.8 Å². The van der Waals surface area contributed by atoms with Gasteiger partial charge in [-0.1, -0.05) is 31.2 Å². The number of fused-ring (bicyclic) bond motifs is 1. The van der Waals surface area contributed by atoms with Gasteiger partial charge in [-0.15, -0.1) is 0 Å². The first-order chi connectivity index (χ1) is 14.7. The minimum absolute atomic E-state index is 0.0249. The highest BCUT2D eigenvalue weighted by molar-refractivity contribution is 5.88. The number of carbonyl (C=O) groups is 1. The molecule has 0 radical (unpaired) electrons. The smallest absolute Gasteiger partial charge is 0.260 e. The molecule has 0 saturated carbocycles. The number of hydrogen-bond donors (Lipinski definition) is 0. The van der Waals surface area contributed by atoms with E-state index in [9.17, 15) is 9.59 Å². The van der Waals surface area contributed by atoms with Crippen LogP contribution in [-0.2, 0) is 11.3 Å². The highest BCUT2D eigenvalue weighted by atomic mass is 16.5. The van der Waals surface area contributed by atoms with E-state index in [2.05, 4.69) is 17.0 Å². The van der Waals surface area contributed by atoms with E-state index in [1.54, 1.807) is 22.9 Å². The van der Waals surface area contributed by atoms with Gasteiger partial charge in [0.1, 0.15) is 5.75 Å². The Balaban J connectivity index is 1.39. The van der Waals surface area contributed by atoms with Gasteiger partial charge in [0.15, 0.2) is 6.61 Å². The summed E-state index contributed by atoms with van der Waals surface area (Å²) in [5.74, 6) is 0.545. The number of aryl methyl sites for hydroxylation is 1. The van der Waals surface area contributed by atoms with Gasteiger partial charge in [-0.3, -0.25) is 9.59 Å². The van der Waals surface area contributed by atoms with E-state index in [-0.39, 0.29) is 18.1 Å². The van der Waals surface area contributed by atoms with Crippen LogP contribution in [0.3, 0.4) is 0 Å². The summed E-state index contributed by atoms with van der Waals surface area (Å²) < 4.78 is 7.56. The van der Waals surface area contributed by atoms with E-state index in [4.69, 9.17) is 4.74 Å². The number of pyridine rings is 1. The molecule has 0 atom stereocenters. The van der Waals surface area contributed by atoms with Gasteiger partial charge >= 0.3 is 0 Å². The van der Waals surface area contributed by atoms with Crippen molar-refractivity contribution in [3.05, 3.63) is 71.1 Å². The second-order valence-corrected chi connectivity index (χ2v) is 7.52. The summed E-state index contributed by atoms with van der Waals surface area (Å²) in [5.41, 5.74) is 1.16. The Morgan fingerprint density at radius 3 is 2.43 bits per heavy atom. The van der Waals surface area contributed by atoms with Gasteiger partial charge in [-0.05, 0) is 36.8 Å². The predicted molar refractivity (Wildman–Crippen MR) is 119 cm³/mol. The first-order valence-electron chi connectivity index (χ1n) is 10.5. The fourth-order valence-corrected chi connectivity index (χ4v) is 3.92. The van der Waals surface area contributed by atoms with E-state index in [0.717, 1.165) is 24.9 Å². The minimum atomic E-state index is -0.0287. The Bertz CT molecular complexity index is 1070. The lowest BCUT2D eigenvalue weighted by Gasteiger charge is -2.36. The summed E-state index contributed by atoms with van der Waals surface area (Å²) in [6.07, 6.45) is 2.69. The van der Waals surface area contributed by atoms with Crippen molar-refractivity contribution in [1.29, 1.82) is 0 Å². The average molecular weight is 405 g/mol. The molecule has 1 saturated heterocycles. The number of para-hydroxylation sites is 1. The van der Waals surface area contributed by atoms with Gasteiger partial charge in [0.25, 0.3) is 11.5 Å². The molecule has 30 heavy (non-hydrogen) atoms. The number of aromatic nitrogens is 1. The van der Waals surface area contributed by atoms with Crippen molar-refractivity contribution in [2.75, 3.05) is 37.7 Å². The fourth-order valence-electron chi connectivity index (χ4n) is 3.92. The third-order valence-electron chi connectivity index (χ3n) is 5.55. The van der Waals surface area contributed by atoms with Gasteiger partial charge in [-0.2, -0.15) is 0 Å². The molecule has 6 nitrogen and oxygen atoms in total. The predicted octanol–water partition coefficient (Wildman–Crippen LogP) is 3.14. The Kier molecular flexibility index (Phi) is 6.02. The molecule has 1 fully saturated rings. The lowest BCUT2D eigenvalue weighted by molar-refractivity contribution is -0.133. The number of amides is 1. The normalized spacial score (nSPS) is 14.2. The van der Waals surface area contributed by atoms with Crippen LogP contribution in [-0.4, -0.2) is 48.2 Å². The number of rotatable bonds is 6. The van der Waals surface area contributed by atoms with Gasteiger partial charge in [0.05, 0.1) is 5.39 Å². The average Bonchev–Trinajstić information content (AvgIpc) is 2.80. The third kappa shape index (κ3) is 4.17. The molecule has 4 rings (SSSR count). The number of hydrogen-bond acceptors (Lipinski definition) is 4. The molecule has 0 bridgehead atoms. The molecule has 1 amide bonds. The van der Waals surface area contributed by atoms with Gasteiger partial charge in [0.2, 0.25) is 0 Å². The third-order valence-corrected chi connectivity index (χ3v) is 5.55. The first kappa shape index (κ1) is 20.0. The van der Waals surface area contributed by atoms with Crippen molar-refractivity contribution in [3.8, 4) is 5.75 Å². The summed E-state index contributed by atoms with van der Waals surface area (Å²) in [6.45, 7) is 5.67. The van der Waals surface area contributed by atoms with E-state index in [0.29, 0.717) is 30.8 Å². The van der Waals surface area contributed by atoms with E-state index in [1.165, 1.54) is 5.69 Å². The number of nitrogens with zero attached hydrogens (tertiary/aromatic N) is 3. The van der Waals surface area contributed by atoms with Crippen molar-refractivity contribution in [2.45, 2.75) is 19.9 Å². The van der Waals surface area contributed by atoms with Crippen LogP contribution in [0.4, 0.5) is 5.69 Å². The van der Waals surface area contributed by atoms with Crippen molar-refractivity contribution < 1.29 is 9.53 Å². The highest BCUT2D eigenvalue weighted by Crippen LogP contribution is 2.23. The number of ether oxygens (including phenoxy) is 1. The monoisotopic (exact) mass is 405 g/mol. The molecule has 2 heterocycles. The molecule has 1 aromatic heterocycles. The number of piperazine rings is 1. The second kappa shape index (κ2) is 9.03. The first-order valence-corrected chi connectivity index (χ1v) is 10.5. The molecule has 156 valence electrons. The van der Waals surface area contributed by atoms with E-state index >= 15 is 0 Å². The maximum atomic E-state index is 12.7. The Labute approximate surface area is 176 Å².